The van der Waals surface area contributed by atoms with E-state index in [1.165, 1.54) is 12.1 Å². The lowest BCUT2D eigenvalue weighted by Crippen LogP contribution is -2.02. The third kappa shape index (κ3) is 3.84. The van der Waals surface area contributed by atoms with E-state index in [9.17, 15) is 13.6 Å². The Balaban J connectivity index is 2.00. The zero-order valence-corrected chi connectivity index (χ0v) is 12.4. The van der Waals surface area contributed by atoms with Crippen LogP contribution in [0.25, 0.3) is 0 Å². The van der Waals surface area contributed by atoms with Crippen molar-refractivity contribution >= 4 is 29.3 Å². The largest absolute Gasteiger partial charge is 0.293 e. The number of halogens is 2. The van der Waals surface area contributed by atoms with Gasteiger partial charge in [0.1, 0.15) is 11.6 Å². The van der Waals surface area contributed by atoms with E-state index in [2.05, 4.69) is 0 Å². The summed E-state index contributed by atoms with van der Waals surface area (Å²) >= 11 is 2.67. The molecule has 0 N–H and O–H groups in total. The van der Waals surface area contributed by atoms with Gasteiger partial charge in [0.2, 0.25) is 0 Å². The first-order valence-electron chi connectivity index (χ1n) is 5.85. The van der Waals surface area contributed by atoms with Crippen LogP contribution in [0, 0.1) is 11.6 Å². The van der Waals surface area contributed by atoms with Crippen molar-refractivity contribution in [3.8, 4) is 0 Å². The average molecular weight is 310 g/mol. The third-order valence-electron chi connectivity index (χ3n) is 2.66. The fourth-order valence-electron chi connectivity index (χ4n) is 1.60. The number of hydrogen-bond donors (Lipinski definition) is 0. The van der Waals surface area contributed by atoms with E-state index in [1.54, 1.807) is 23.9 Å². The van der Waals surface area contributed by atoms with Gasteiger partial charge in [0.15, 0.2) is 5.78 Å². The fraction of sp³-hybridized carbons (Fsp3) is 0.133. The van der Waals surface area contributed by atoms with E-state index in [0.29, 0.717) is 5.56 Å². The molecule has 0 aliphatic carbocycles. The Morgan fingerprint density at radius 2 is 1.80 bits per heavy atom. The number of Topliss-reactive ketones (excluding diaryl/α,β-unsaturated/α-hetero) is 1. The second kappa shape index (κ2) is 6.90. The molecule has 0 aliphatic rings. The first-order chi connectivity index (χ1) is 9.60. The molecule has 2 rings (SSSR count). The topological polar surface area (TPSA) is 17.1 Å². The number of carbonyl (C=O) groups is 1. The van der Waals surface area contributed by atoms with Crippen molar-refractivity contribution in [3.05, 3.63) is 59.7 Å². The molecule has 0 aliphatic heterocycles. The first kappa shape index (κ1) is 15.1. The van der Waals surface area contributed by atoms with Crippen LogP contribution < -0.4 is 0 Å². The van der Waals surface area contributed by atoms with Gasteiger partial charge in [-0.05, 0) is 30.5 Å². The van der Waals surface area contributed by atoms with Gasteiger partial charge in [0, 0.05) is 21.4 Å². The molecular weight excluding hydrogens is 298 g/mol. The summed E-state index contributed by atoms with van der Waals surface area (Å²) in [6.45, 7) is 0. The molecule has 5 heteroatoms. The second-order valence-electron chi connectivity index (χ2n) is 4.02. The van der Waals surface area contributed by atoms with E-state index >= 15 is 0 Å². The Labute approximate surface area is 124 Å². The van der Waals surface area contributed by atoms with Crippen molar-refractivity contribution in [2.45, 2.75) is 9.79 Å². The van der Waals surface area contributed by atoms with E-state index in [4.69, 9.17) is 0 Å². The van der Waals surface area contributed by atoms with Crippen molar-refractivity contribution in [1.29, 1.82) is 0 Å². The van der Waals surface area contributed by atoms with Gasteiger partial charge in [-0.25, -0.2) is 8.78 Å². The molecule has 0 bridgehead atoms. The zero-order chi connectivity index (χ0) is 14.5. The number of benzene rings is 2. The summed E-state index contributed by atoms with van der Waals surface area (Å²) in [5.74, 6) is -1.21. The summed E-state index contributed by atoms with van der Waals surface area (Å²) in [5, 5.41) is 0. The van der Waals surface area contributed by atoms with E-state index < -0.39 is 11.6 Å². The molecule has 0 saturated heterocycles. The van der Waals surface area contributed by atoms with Crippen LogP contribution in [-0.4, -0.2) is 17.8 Å². The molecule has 1 nitrogen and oxygen atoms in total. The molecular formula is C15H12F2OS2. The molecule has 20 heavy (non-hydrogen) atoms. The minimum Gasteiger partial charge on any atom is -0.293 e. The van der Waals surface area contributed by atoms with Gasteiger partial charge in [0.25, 0.3) is 0 Å². The number of ketones is 1. The van der Waals surface area contributed by atoms with Crippen LogP contribution >= 0.6 is 23.5 Å². The molecule has 0 unspecified atom stereocenters. The van der Waals surface area contributed by atoms with E-state index in [-0.39, 0.29) is 16.4 Å². The summed E-state index contributed by atoms with van der Waals surface area (Å²) < 4.78 is 26.2. The van der Waals surface area contributed by atoms with Crippen molar-refractivity contribution < 1.29 is 13.6 Å². The Morgan fingerprint density at radius 3 is 2.40 bits per heavy atom. The minimum absolute atomic E-state index is 0.0774. The van der Waals surface area contributed by atoms with Crippen molar-refractivity contribution in [1.82, 2.24) is 0 Å². The molecule has 0 heterocycles. The van der Waals surface area contributed by atoms with Gasteiger partial charge in [-0.1, -0.05) is 12.1 Å². The molecule has 0 aromatic heterocycles. The van der Waals surface area contributed by atoms with Gasteiger partial charge in [0.05, 0.1) is 5.75 Å². The van der Waals surface area contributed by atoms with Crippen LogP contribution in [0.5, 0.6) is 0 Å². The third-order valence-corrected chi connectivity index (χ3v) is 4.46. The van der Waals surface area contributed by atoms with Crippen molar-refractivity contribution in [3.63, 3.8) is 0 Å². The lowest BCUT2D eigenvalue weighted by Gasteiger charge is -2.04. The molecule has 104 valence electrons. The highest BCUT2D eigenvalue weighted by Gasteiger charge is 2.09. The second-order valence-corrected chi connectivity index (χ2v) is 5.91. The zero-order valence-electron chi connectivity index (χ0n) is 10.7. The standard InChI is InChI=1S/C15H12F2OS2/c1-19-12-5-2-10(3-6-12)14(18)9-20-15-7-4-11(16)8-13(15)17/h2-8H,9H2,1H3. The summed E-state index contributed by atoms with van der Waals surface area (Å²) in [4.78, 5) is 13.3. The number of carbonyl (C=O) groups excluding carboxylic acids is 1. The Bertz CT molecular complexity index is 612. The Kier molecular flexibility index (Phi) is 5.20. The van der Waals surface area contributed by atoms with Crippen LogP contribution in [0.15, 0.2) is 52.3 Å². The molecule has 0 radical (unpaired) electrons. The van der Waals surface area contributed by atoms with Gasteiger partial charge in [-0.2, -0.15) is 0 Å². The Hall–Kier alpha value is -1.33. The first-order valence-corrected chi connectivity index (χ1v) is 8.06. The lowest BCUT2D eigenvalue weighted by atomic mass is 10.1. The minimum atomic E-state index is -0.638. The molecule has 2 aromatic carbocycles. The maximum atomic E-state index is 13.4. The van der Waals surface area contributed by atoms with E-state index in [0.717, 1.165) is 22.7 Å². The fourth-order valence-corrected chi connectivity index (χ4v) is 2.82. The summed E-state index contributed by atoms with van der Waals surface area (Å²) in [6.07, 6.45) is 1.96. The molecule has 2 aromatic rings. The van der Waals surface area contributed by atoms with Crippen LogP contribution in [0.3, 0.4) is 0 Å². The van der Waals surface area contributed by atoms with Gasteiger partial charge >= 0.3 is 0 Å². The van der Waals surface area contributed by atoms with Gasteiger partial charge < -0.3 is 0 Å². The predicted octanol–water partition coefficient (Wildman–Crippen LogP) is 4.66. The van der Waals surface area contributed by atoms with Crippen LogP contribution in [0.4, 0.5) is 8.78 Å². The molecule has 0 amide bonds. The average Bonchev–Trinajstić information content (AvgIpc) is 2.46. The number of thioether (sulfide) groups is 2. The maximum Gasteiger partial charge on any atom is 0.173 e. The summed E-state index contributed by atoms with van der Waals surface area (Å²) in [6, 6.07) is 10.6. The summed E-state index contributed by atoms with van der Waals surface area (Å²) in [7, 11) is 0. The number of hydrogen-bond acceptors (Lipinski definition) is 3. The molecule has 0 saturated carbocycles. The lowest BCUT2D eigenvalue weighted by molar-refractivity contribution is 0.102. The van der Waals surface area contributed by atoms with Crippen LogP contribution in [0.1, 0.15) is 10.4 Å². The molecule has 0 atom stereocenters. The Morgan fingerprint density at radius 1 is 1.10 bits per heavy atom. The normalized spacial score (nSPS) is 10.6. The maximum absolute atomic E-state index is 13.4. The van der Waals surface area contributed by atoms with Crippen LogP contribution in [-0.2, 0) is 0 Å². The highest BCUT2D eigenvalue weighted by Crippen LogP contribution is 2.23. The highest BCUT2D eigenvalue weighted by atomic mass is 32.2. The van der Waals surface area contributed by atoms with Crippen molar-refractivity contribution in [2.75, 3.05) is 12.0 Å². The number of rotatable bonds is 5. The predicted molar refractivity (Wildman–Crippen MR) is 79.6 cm³/mol. The van der Waals surface area contributed by atoms with Gasteiger partial charge in [-0.15, -0.1) is 23.5 Å². The van der Waals surface area contributed by atoms with Crippen molar-refractivity contribution in [2.24, 2.45) is 0 Å². The van der Waals surface area contributed by atoms with Gasteiger partial charge in [-0.3, -0.25) is 4.79 Å². The van der Waals surface area contributed by atoms with Crippen LogP contribution in [0.2, 0.25) is 0 Å². The quantitative estimate of drug-likeness (QED) is 0.590. The SMILES string of the molecule is CSc1ccc(C(=O)CSc2ccc(F)cc2F)cc1. The highest BCUT2D eigenvalue weighted by molar-refractivity contribution is 8.00. The van der Waals surface area contributed by atoms with E-state index in [1.807, 2.05) is 18.4 Å². The monoisotopic (exact) mass is 310 g/mol. The molecule has 0 spiro atoms. The smallest absolute Gasteiger partial charge is 0.173 e. The molecule has 0 fully saturated rings. The summed E-state index contributed by atoms with van der Waals surface area (Å²) in [5.41, 5.74) is 0.595.